The first-order valence-electron chi connectivity index (χ1n) is 12.6. The van der Waals surface area contributed by atoms with Crippen LogP contribution in [0, 0.1) is 13.8 Å². The molecule has 0 amide bonds. The molecule has 1 fully saturated rings. The normalized spacial score (nSPS) is 19.5. The topological polar surface area (TPSA) is 76.9 Å². The van der Waals surface area contributed by atoms with Gasteiger partial charge in [-0.05, 0) is 31.5 Å². The van der Waals surface area contributed by atoms with Crippen LogP contribution in [-0.4, -0.2) is 61.7 Å². The van der Waals surface area contributed by atoms with Gasteiger partial charge in [0.15, 0.2) is 11.9 Å². The van der Waals surface area contributed by atoms with Gasteiger partial charge in [-0.2, -0.15) is 4.98 Å². The molecule has 0 spiro atoms. The zero-order valence-electron chi connectivity index (χ0n) is 22.3. The molecular formula is C27H39N3O5Si. The average molecular weight is 514 g/mol. The van der Waals surface area contributed by atoms with Crippen molar-refractivity contribution >= 4 is 19.2 Å². The van der Waals surface area contributed by atoms with Gasteiger partial charge in [-0.1, -0.05) is 50.0 Å². The lowest BCUT2D eigenvalue weighted by molar-refractivity contribution is -0.195. The maximum Gasteiger partial charge on any atom is 0.301 e. The number of aryl methyl sites for hydroxylation is 2. The predicted molar refractivity (Wildman–Crippen MR) is 142 cm³/mol. The molecular weight excluding hydrogens is 474 g/mol. The SMILES string of the molecule is COC(O[C@@H]1COC[C@H](Oc2nc3nc(C)c(C)cc3n2COCC[Si](C)(C)C)C1)c1ccccc1. The summed E-state index contributed by atoms with van der Waals surface area (Å²) in [6.45, 7) is 13.1. The number of imidazole rings is 1. The third-order valence-corrected chi connectivity index (χ3v) is 8.08. The molecule has 9 heteroatoms. The van der Waals surface area contributed by atoms with Crippen molar-refractivity contribution in [1.82, 2.24) is 14.5 Å². The molecule has 1 saturated heterocycles. The van der Waals surface area contributed by atoms with Crippen LogP contribution in [0.25, 0.3) is 11.2 Å². The largest absolute Gasteiger partial charge is 0.459 e. The Morgan fingerprint density at radius 3 is 2.56 bits per heavy atom. The zero-order chi connectivity index (χ0) is 25.7. The van der Waals surface area contributed by atoms with Crippen LogP contribution in [0.15, 0.2) is 36.4 Å². The molecule has 196 valence electrons. The Kier molecular flexibility index (Phi) is 8.79. The van der Waals surface area contributed by atoms with E-state index >= 15 is 0 Å². The van der Waals surface area contributed by atoms with Crippen LogP contribution in [0.1, 0.15) is 29.5 Å². The molecule has 0 radical (unpaired) electrons. The molecule has 1 aliphatic heterocycles. The Morgan fingerprint density at radius 2 is 1.83 bits per heavy atom. The molecule has 0 aliphatic carbocycles. The summed E-state index contributed by atoms with van der Waals surface area (Å²) in [4.78, 5) is 9.41. The van der Waals surface area contributed by atoms with Crippen LogP contribution in [-0.2, 0) is 25.7 Å². The number of rotatable bonds is 11. The standard InChI is InChI=1S/C27H39N3O5Si/c1-19-14-24-25(28-20(19)2)29-27(30(24)18-32-12-13-36(4,5)6)35-23-15-22(16-33-17-23)34-26(31-3)21-10-8-7-9-11-21/h7-11,14,22-23,26H,12-13,15-18H2,1-6H3/t22-,23+,26?/m0/s1. The second-order valence-electron chi connectivity index (χ2n) is 10.7. The van der Waals surface area contributed by atoms with E-state index in [0.29, 0.717) is 44.6 Å². The van der Waals surface area contributed by atoms with Crippen molar-refractivity contribution in [3.05, 3.63) is 53.2 Å². The van der Waals surface area contributed by atoms with Crippen molar-refractivity contribution in [1.29, 1.82) is 0 Å². The summed E-state index contributed by atoms with van der Waals surface area (Å²) in [5.74, 6) is 0. The molecule has 36 heavy (non-hydrogen) atoms. The fraction of sp³-hybridized carbons (Fsp3) is 0.556. The third-order valence-electron chi connectivity index (χ3n) is 6.37. The number of hydrogen-bond donors (Lipinski definition) is 0. The van der Waals surface area contributed by atoms with Crippen molar-refractivity contribution in [2.24, 2.45) is 0 Å². The lowest BCUT2D eigenvalue weighted by atomic mass is 10.1. The molecule has 1 unspecified atom stereocenters. The lowest BCUT2D eigenvalue weighted by Crippen LogP contribution is -2.39. The van der Waals surface area contributed by atoms with E-state index in [4.69, 9.17) is 28.7 Å². The molecule has 3 aromatic rings. The van der Waals surface area contributed by atoms with Crippen LogP contribution in [0.5, 0.6) is 6.01 Å². The van der Waals surface area contributed by atoms with E-state index in [1.165, 1.54) is 0 Å². The van der Waals surface area contributed by atoms with E-state index in [1.807, 2.05) is 41.8 Å². The van der Waals surface area contributed by atoms with E-state index in [9.17, 15) is 0 Å². The molecule has 1 aliphatic rings. The number of nitrogens with zero attached hydrogens (tertiary/aromatic N) is 3. The minimum atomic E-state index is -1.18. The van der Waals surface area contributed by atoms with Gasteiger partial charge in [-0.15, -0.1) is 0 Å². The Labute approximate surface area is 214 Å². The Morgan fingerprint density at radius 1 is 1.08 bits per heavy atom. The van der Waals surface area contributed by atoms with Crippen LogP contribution < -0.4 is 4.74 Å². The Hall–Kier alpha value is -2.30. The van der Waals surface area contributed by atoms with Gasteiger partial charge in [0.1, 0.15) is 12.8 Å². The summed E-state index contributed by atoms with van der Waals surface area (Å²) in [6.07, 6.45) is -0.171. The van der Waals surface area contributed by atoms with Crippen LogP contribution in [0.3, 0.4) is 0 Å². The number of ether oxygens (including phenoxy) is 5. The molecule has 0 N–H and O–H groups in total. The molecule has 2 aromatic heterocycles. The molecule has 0 bridgehead atoms. The number of hydrogen-bond acceptors (Lipinski definition) is 7. The highest BCUT2D eigenvalue weighted by Crippen LogP contribution is 2.27. The van der Waals surface area contributed by atoms with Crippen molar-refractivity contribution < 1.29 is 23.7 Å². The van der Waals surface area contributed by atoms with Gasteiger partial charge in [0, 0.05) is 39.5 Å². The van der Waals surface area contributed by atoms with E-state index in [-0.39, 0.29) is 12.2 Å². The molecule has 8 nitrogen and oxygen atoms in total. The van der Waals surface area contributed by atoms with Crippen LogP contribution >= 0.6 is 0 Å². The summed E-state index contributed by atoms with van der Waals surface area (Å²) < 4.78 is 32.1. The Balaban J connectivity index is 1.47. The van der Waals surface area contributed by atoms with Crippen molar-refractivity contribution in [3.63, 3.8) is 0 Å². The highest BCUT2D eigenvalue weighted by atomic mass is 28.3. The van der Waals surface area contributed by atoms with Gasteiger partial charge in [0.25, 0.3) is 0 Å². The zero-order valence-corrected chi connectivity index (χ0v) is 23.3. The molecule has 0 saturated carbocycles. The molecule has 4 rings (SSSR count). The highest BCUT2D eigenvalue weighted by Gasteiger charge is 2.29. The van der Waals surface area contributed by atoms with Gasteiger partial charge < -0.3 is 23.7 Å². The number of fused-ring (bicyclic) bond motifs is 1. The van der Waals surface area contributed by atoms with E-state index in [0.717, 1.165) is 28.4 Å². The molecule has 1 aromatic carbocycles. The molecule has 3 heterocycles. The van der Waals surface area contributed by atoms with Gasteiger partial charge in [-0.3, -0.25) is 4.57 Å². The van der Waals surface area contributed by atoms with Crippen LogP contribution in [0.4, 0.5) is 0 Å². The Bertz CT molecular complexity index is 1130. The van der Waals surface area contributed by atoms with Gasteiger partial charge in [-0.25, -0.2) is 4.98 Å². The van der Waals surface area contributed by atoms with Crippen LogP contribution in [0.2, 0.25) is 25.7 Å². The average Bonchev–Trinajstić information content (AvgIpc) is 3.16. The fourth-order valence-corrected chi connectivity index (χ4v) is 4.86. The number of benzene rings is 1. The summed E-state index contributed by atoms with van der Waals surface area (Å²) in [5, 5.41) is 0. The van der Waals surface area contributed by atoms with E-state index in [1.54, 1.807) is 7.11 Å². The van der Waals surface area contributed by atoms with E-state index < -0.39 is 14.4 Å². The summed E-state index contributed by atoms with van der Waals surface area (Å²) in [5.41, 5.74) is 4.61. The van der Waals surface area contributed by atoms with Gasteiger partial charge in [0.05, 0.1) is 24.8 Å². The van der Waals surface area contributed by atoms with Gasteiger partial charge in [0.2, 0.25) is 0 Å². The quantitative estimate of drug-likeness (QED) is 0.197. The smallest absolute Gasteiger partial charge is 0.301 e. The second kappa shape index (κ2) is 11.8. The van der Waals surface area contributed by atoms with E-state index in [2.05, 4.69) is 37.6 Å². The fourth-order valence-electron chi connectivity index (χ4n) is 4.10. The number of aromatic nitrogens is 3. The maximum absolute atomic E-state index is 6.40. The third kappa shape index (κ3) is 6.92. The summed E-state index contributed by atoms with van der Waals surface area (Å²) in [6, 6.07) is 13.6. The first kappa shape index (κ1) is 26.8. The minimum absolute atomic E-state index is 0.164. The predicted octanol–water partition coefficient (Wildman–Crippen LogP) is 5.26. The minimum Gasteiger partial charge on any atom is -0.459 e. The van der Waals surface area contributed by atoms with Gasteiger partial charge >= 0.3 is 6.01 Å². The maximum atomic E-state index is 6.40. The summed E-state index contributed by atoms with van der Waals surface area (Å²) in [7, 11) is 0.468. The van der Waals surface area contributed by atoms with Crippen molar-refractivity contribution in [2.75, 3.05) is 26.9 Å². The highest BCUT2D eigenvalue weighted by molar-refractivity contribution is 6.76. The summed E-state index contributed by atoms with van der Waals surface area (Å²) >= 11 is 0. The second-order valence-corrected chi connectivity index (χ2v) is 16.3. The first-order chi connectivity index (χ1) is 17.2. The lowest BCUT2D eigenvalue weighted by Gasteiger charge is -2.31. The number of methoxy groups -OCH3 is 1. The first-order valence-corrected chi connectivity index (χ1v) is 16.3. The monoisotopic (exact) mass is 513 g/mol. The van der Waals surface area contributed by atoms with Crippen molar-refractivity contribution in [3.8, 4) is 6.01 Å². The number of pyridine rings is 1. The molecule has 3 atom stereocenters. The van der Waals surface area contributed by atoms with Crippen molar-refractivity contribution in [2.45, 2.75) is 71.2 Å².